The maximum atomic E-state index is 5.28. The van der Waals surface area contributed by atoms with E-state index in [0.717, 1.165) is 25.6 Å². The lowest BCUT2D eigenvalue weighted by Crippen LogP contribution is -2.39. The highest BCUT2D eigenvalue weighted by atomic mass is 16.5. The normalized spacial score (nSPS) is 20.4. The van der Waals surface area contributed by atoms with Crippen LogP contribution < -0.4 is 5.32 Å². The molecule has 1 aromatic carbocycles. The van der Waals surface area contributed by atoms with Crippen molar-refractivity contribution in [2.75, 3.05) is 45.2 Å². The fourth-order valence-electron chi connectivity index (χ4n) is 2.85. The van der Waals surface area contributed by atoms with Crippen LogP contribution in [0.15, 0.2) is 24.3 Å². The number of ether oxygens (including phenoxy) is 1. The number of rotatable bonds is 6. The highest BCUT2D eigenvalue weighted by molar-refractivity contribution is 5.50. The zero-order chi connectivity index (χ0) is 13.5. The molecule has 0 spiro atoms. The minimum atomic E-state index is 0.720. The molecule has 0 aromatic heterocycles. The van der Waals surface area contributed by atoms with Crippen molar-refractivity contribution < 1.29 is 4.74 Å². The predicted octanol–water partition coefficient (Wildman–Crippen LogP) is 2.77. The van der Waals surface area contributed by atoms with Crippen molar-refractivity contribution in [3.63, 3.8) is 0 Å². The molecule has 1 aliphatic heterocycles. The summed E-state index contributed by atoms with van der Waals surface area (Å²) in [4.78, 5) is 2.55. The molecule has 0 amide bonds. The molecule has 1 fully saturated rings. The largest absolute Gasteiger partial charge is 0.384 e. The summed E-state index contributed by atoms with van der Waals surface area (Å²) >= 11 is 0. The van der Waals surface area contributed by atoms with E-state index in [0.29, 0.717) is 0 Å². The number of hydrogen-bond acceptors (Lipinski definition) is 3. The molecule has 1 saturated heterocycles. The van der Waals surface area contributed by atoms with Crippen LogP contribution >= 0.6 is 0 Å². The summed E-state index contributed by atoms with van der Waals surface area (Å²) in [5.41, 5.74) is 2.58. The van der Waals surface area contributed by atoms with Gasteiger partial charge in [-0.3, -0.25) is 0 Å². The SMILES string of the molecule is COCC1CCCN(CCNc2ccccc2C)C1. The molecule has 0 aliphatic carbocycles. The molecule has 3 nitrogen and oxygen atoms in total. The Labute approximate surface area is 116 Å². The number of nitrogens with zero attached hydrogens (tertiary/aromatic N) is 1. The number of methoxy groups -OCH3 is 1. The molecule has 1 atom stereocenters. The van der Waals surface area contributed by atoms with Gasteiger partial charge in [0.2, 0.25) is 0 Å². The van der Waals surface area contributed by atoms with Crippen molar-refractivity contribution in [2.24, 2.45) is 5.92 Å². The van der Waals surface area contributed by atoms with Crippen LogP contribution in [0.2, 0.25) is 0 Å². The van der Waals surface area contributed by atoms with Crippen molar-refractivity contribution in [3.8, 4) is 0 Å². The molecule has 1 heterocycles. The Bertz CT molecular complexity index is 379. The zero-order valence-corrected chi connectivity index (χ0v) is 12.2. The van der Waals surface area contributed by atoms with Gasteiger partial charge >= 0.3 is 0 Å². The van der Waals surface area contributed by atoms with Gasteiger partial charge in [-0.25, -0.2) is 0 Å². The summed E-state index contributed by atoms with van der Waals surface area (Å²) in [6.45, 7) is 7.61. The lowest BCUT2D eigenvalue weighted by Gasteiger charge is -2.32. The summed E-state index contributed by atoms with van der Waals surface area (Å²) in [5, 5.41) is 3.53. The zero-order valence-electron chi connectivity index (χ0n) is 12.2. The first-order valence-electron chi connectivity index (χ1n) is 7.30. The van der Waals surface area contributed by atoms with Crippen LogP contribution in [-0.2, 0) is 4.74 Å². The maximum absolute atomic E-state index is 5.28. The van der Waals surface area contributed by atoms with E-state index in [9.17, 15) is 0 Å². The van der Waals surface area contributed by atoms with Crippen LogP contribution in [0, 0.1) is 12.8 Å². The number of piperidine rings is 1. The van der Waals surface area contributed by atoms with E-state index in [-0.39, 0.29) is 0 Å². The first-order valence-corrected chi connectivity index (χ1v) is 7.30. The van der Waals surface area contributed by atoms with Gasteiger partial charge in [-0.05, 0) is 43.9 Å². The van der Waals surface area contributed by atoms with Crippen LogP contribution in [0.4, 0.5) is 5.69 Å². The first kappa shape index (κ1) is 14.4. The predicted molar refractivity (Wildman–Crippen MR) is 80.7 cm³/mol. The number of para-hydroxylation sites is 1. The Kier molecular flexibility index (Phi) is 5.67. The van der Waals surface area contributed by atoms with Gasteiger partial charge in [0.15, 0.2) is 0 Å². The van der Waals surface area contributed by atoms with Crippen molar-refractivity contribution in [1.82, 2.24) is 4.90 Å². The van der Waals surface area contributed by atoms with Crippen molar-refractivity contribution in [3.05, 3.63) is 29.8 Å². The number of likely N-dealkylation sites (tertiary alicyclic amines) is 1. The molecule has 0 radical (unpaired) electrons. The summed E-state index contributed by atoms with van der Waals surface area (Å²) in [6.07, 6.45) is 2.62. The standard InChI is InChI=1S/C16H26N2O/c1-14-6-3-4-8-16(14)17-9-11-18-10-5-7-15(12-18)13-19-2/h3-4,6,8,15,17H,5,7,9-13H2,1-2H3. The molecule has 3 heteroatoms. The van der Waals surface area contributed by atoms with Gasteiger partial charge < -0.3 is 15.0 Å². The lowest BCUT2D eigenvalue weighted by atomic mass is 9.99. The van der Waals surface area contributed by atoms with Gasteiger partial charge in [-0.15, -0.1) is 0 Å². The van der Waals surface area contributed by atoms with E-state index in [1.807, 2.05) is 0 Å². The topological polar surface area (TPSA) is 24.5 Å². The second-order valence-corrected chi connectivity index (χ2v) is 5.51. The average Bonchev–Trinajstić information content (AvgIpc) is 2.42. The summed E-state index contributed by atoms with van der Waals surface area (Å²) in [6, 6.07) is 8.47. The number of hydrogen-bond donors (Lipinski definition) is 1. The van der Waals surface area contributed by atoms with Gasteiger partial charge in [0.05, 0.1) is 6.61 Å². The quantitative estimate of drug-likeness (QED) is 0.853. The molecular formula is C16H26N2O. The Balaban J connectivity index is 1.72. The van der Waals surface area contributed by atoms with Gasteiger partial charge in [0, 0.05) is 32.4 Å². The third-order valence-electron chi connectivity index (χ3n) is 3.89. The fraction of sp³-hybridized carbons (Fsp3) is 0.625. The third kappa shape index (κ3) is 4.51. The Morgan fingerprint density at radius 1 is 1.37 bits per heavy atom. The minimum Gasteiger partial charge on any atom is -0.384 e. The van der Waals surface area contributed by atoms with E-state index in [2.05, 4.69) is 41.4 Å². The highest BCUT2D eigenvalue weighted by Crippen LogP contribution is 2.17. The van der Waals surface area contributed by atoms with Gasteiger partial charge in [-0.1, -0.05) is 18.2 Å². The van der Waals surface area contributed by atoms with E-state index in [1.54, 1.807) is 7.11 Å². The maximum Gasteiger partial charge on any atom is 0.0502 e. The van der Waals surface area contributed by atoms with Crippen LogP contribution in [0.25, 0.3) is 0 Å². The van der Waals surface area contributed by atoms with Crippen LogP contribution in [0.3, 0.4) is 0 Å². The monoisotopic (exact) mass is 262 g/mol. The third-order valence-corrected chi connectivity index (χ3v) is 3.89. The summed E-state index contributed by atoms with van der Waals surface area (Å²) in [5.74, 6) is 0.720. The lowest BCUT2D eigenvalue weighted by molar-refractivity contribution is 0.0926. The van der Waals surface area contributed by atoms with Crippen LogP contribution in [0.5, 0.6) is 0 Å². The highest BCUT2D eigenvalue weighted by Gasteiger charge is 2.19. The van der Waals surface area contributed by atoms with E-state index in [4.69, 9.17) is 4.74 Å². The van der Waals surface area contributed by atoms with Gasteiger partial charge in [0.1, 0.15) is 0 Å². The minimum absolute atomic E-state index is 0.720. The Hall–Kier alpha value is -1.06. The Morgan fingerprint density at radius 2 is 2.21 bits per heavy atom. The number of anilines is 1. The fourth-order valence-corrected chi connectivity index (χ4v) is 2.85. The van der Waals surface area contributed by atoms with E-state index < -0.39 is 0 Å². The van der Waals surface area contributed by atoms with Gasteiger partial charge in [-0.2, -0.15) is 0 Å². The number of benzene rings is 1. The van der Waals surface area contributed by atoms with E-state index >= 15 is 0 Å². The molecule has 2 rings (SSSR count). The average molecular weight is 262 g/mol. The second-order valence-electron chi connectivity index (χ2n) is 5.51. The van der Waals surface area contributed by atoms with Crippen molar-refractivity contribution in [1.29, 1.82) is 0 Å². The number of nitrogens with one attached hydrogen (secondary N) is 1. The molecule has 0 saturated carbocycles. The molecule has 1 N–H and O–H groups in total. The first-order chi connectivity index (χ1) is 9.29. The Morgan fingerprint density at radius 3 is 3.00 bits per heavy atom. The molecule has 1 aliphatic rings. The van der Waals surface area contributed by atoms with Gasteiger partial charge in [0.25, 0.3) is 0 Å². The second kappa shape index (κ2) is 7.51. The molecule has 1 aromatic rings. The molecule has 106 valence electrons. The molecule has 1 unspecified atom stereocenters. The molecule has 0 bridgehead atoms. The molecule has 19 heavy (non-hydrogen) atoms. The van der Waals surface area contributed by atoms with Crippen LogP contribution in [0.1, 0.15) is 18.4 Å². The van der Waals surface area contributed by atoms with Crippen LogP contribution in [-0.4, -0.2) is 44.8 Å². The number of aryl methyl sites for hydroxylation is 1. The summed E-state index contributed by atoms with van der Waals surface area (Å²) < 4.78 is 5.28. The summed E-state index contributed by atoms with van der Waals surface area (Å²) in [7, 11) is 1.80. The van der Waals surface area contributed by atoms with E-state index in [1.165, 1.54) is 37.2 Å². The van der Waals surface area contributed by atoms with Crippen molar-refractivity contribution >= 4 is 5.69 Å². The molecular weight excluding hydrogens is 236 g/mol. The van der Waals surface area contributed by atoms with Crippen molar-refractivity contribution in [2.45, 2.75) is 19.8 Å². The smallest absolute Gasteiger partial charge is 0.0502 e.